The Morgan fingerprint density at radius 1 is 1.05 bits per heavy atom. The minimum absolute atomic E-state index is 0.0131. The van der Waals surface area contributed by atoms with Gasteiger partial charge in [0.25, 0.3) is 0 Å². The topological polar surface area (TPSA) is 64.3 Å². The number of nitrogens with two attached hydrogens (primary N) is 1. The lowest BCUT2D eigenvalue weighted by atomic mass is 10.1. The monoisotopic (exact) mass is 270 g/mol. The van der Waals surface area contributed by atoms with Crippen molar-refractivity contribution in [3.63, 3.8) is 0 Å². The second-order valence-corrected chi connectivity index (χ2v) is 4.40. The van der Waals surface area contributed by atoms with Crippen molar-refractivity contribution in [2.75, 3.05) is 18.9 Å². The summed E-state index contributed by atoms with van der Waals surface area (Å²) in [4.78, 5) is 11.7. The molecule has 20 heavy (non-hydrogen) atoms. The van der Waals surface area contributed by atoms with Crippen LogP contribution in [0, 0.1) is 0 Å². The van der Waals surface area contributed by atoms with Gasteiger partial charge in [-0.3, -0.25) is 4.79 Å². The first-order valence-corrected chi connectivity index (χ1v) is 6.53. The molecule has 0 saturated carbocycles. The Kier molecular flexibility index (Phi) is 5.00. The van der Waals surface area contributed by atoms with E-state index in [1.54, 1.807) is 12.1 Å². The molecule has 0 radical (unpaired) electrons. The average Bonchev–Trinajstić information content (AvgIpc) is 2.46. The zero-order valence-electron chi connectivity index (χ0n) is 11.2. The highest BCUT2D eigenvalue weighted by atomic mass is 16.5. The van der Waals surface area contributed by atoms with Gasteiger partial charge in [0.05, 0.1) is 18.7 Å². The number of carbonyl (C=O) groups excluding carboxylic acids is 1. The minimum atomic E-state index is -0.0131. The Morgan fingerprint density at radius 3 is 2.50 bits per heavy atom. The van der Waals surface area contributed by atoms with Crippen molar-refractivity contribution in [3.8, 4) is 5.75 Å². The summed E-state index contributed by atoms with van der Waals surface area (Å²) >= 11 is 0. The summed E-state index contributed by atoms with van der Waals surface area (Å²) < 4.78 is 5.50. The number of hydrogen-bond acceptors (Lipinski definition) is 3. The summed E-state index contributed by atoms with van der Waals surface area (Å²) in [5.74, 6) is 0.630. The molecule has 3 N–H and O–H groups in total. The van der Waals surface area contributed by atoms with Gasteiger partial charge >= 0.3 is 0 Å². The number of benzene rings is 2. The van der Waals surface area contributed by atoms with Gasteiger partial charge in [-0.25, -0.2) is 0 Å². The van der Waals surface area contributed by atoms with Gasteiger partial charge in [0, 0.05) is 0 Å². The Balaban J connectivity index is 1.69. The number of amides is 1. The Morgan fingerprint density at radius 2 is 1.75 bits per heavy atom. The molecule has 1 amide bonds. The molecule has 0 aromatic heterocycles. The SMILES string of the molecule is Nc1ccccc1OCCNC(=O)Cc1ccccc1. The standard InChI is InChI=1S/C16H18N2O2/c17-14-8-4-5-9-15(14)20-11-10-18-16(19)12-13-6-2-1-3-7-13/h1-9H,10-12,17H2,(H,18,19). The maximum Gasteiger partial charge on any atom is 0.224 e. The molecule has 0 atom stereocenters. The van der Waals surface area contributed by atoms with Gasteiger partial charge in [0.15, 0.2) is 0 Å². The van der Waals surface area contributed by atoms with Crippen LogP contribution < -0.4 is 15.8 Å². The normalized spacial score (nSPS) is 10.0. The van der Waals surface area contributed by atoms with Crippen LogP contribution in [-0.4, -0.2) is 19.1 Å². The highest BCUT2D eigenvalue weighted by Crippen LogP contribution is 2.19. The molecule has 0 heterocycles. The summed E-state index contributed by atoms with van der Waals surface area (Å²) in [5, 5.41) is 2.82. The fourth-order valence-corrected chi connectivity index (χ4v) is 1.81. The first kappa shape index (κ1) is 13.9. The molecule has 4 nitrogen and oxygen atoms in total. The average molecular weight is 270 g/mol. The number of para-hydroxylation sites is 2. The third-order valence-corrected chi connectivity index (χ3v) is 2.81. The third kappa shape index (κ3) is 4.31. The summed E-state index contributed by atoms with van der Waals surface area (Å²) in [6, 6.07) is 16.9. The molecule has 2 aromatic carbocycles. The van der Waals surface area contributed by atoms with E-state index < -0.39 is 0 Å². The van der Waals surface area contributed by atoms with Crippen molar-refractivity contribution in [3.05, 3.63) is 60.2 Å². The van der Waals surface area contributed by atoms with Crippen molar-refractivity contribution in [1.29, 1.82) is 0 Å². The van der Waals surface area contributed by atoms with Gasteiger partial charge in [0.1, 0.15) is 12.4 Å². The zero-order chi connectivity index (χ0) is 14.2. The number of nitrogens with one attached hydrogen (secondary N) is 1. The molecular weight excluding hydrogens is 252 g/mol. The molecule has 0 fully saturated rings. The van der Waals surface area contributed by atoms with Crippen LogP contribution in [-0.2, 0) is 11.2 Å². The van der Waals surface area contributed by atoms with E-state index in [4.69, 9.17) is 10.5 Å². The lowest BCUT2D eigenvalue weighted by Crippen LogP contribution is -2.29. The Bertz CT molecular complexity index is 555. The van der Waals surface area contributed by atoms with Crippen LogP contribution >= 0.6 is 0 Å². The lowest BCUT2D eigenvalue weighted by Gasteiger charge is -2.09. The van der Waals surface area contributed by atoms with E-state index >= 15 is 0 Å². The molecule has 0 aliphatic rings. The van der Waals surface area contributed by atoms with Crippen LogP contribution in [0.2, 0.25) is 0 Å². The van der Waals surface area contributed by atoms with Crippen LogP contribution in [0.15, 0.2) is 54.6 Å². The predicted molar refractivity (Wildman–Crippen MR) is 79.5 cm³/mol. The number of anilines is 1. The van der Waals surface area contributed by atoms with Crippen LogP contribution in [0.1, 0.15) is 5.56 Å². The lowest BCUT2D eigenvalue weighted by molar-refractivity contribution is -0.120. The van der Waals surface area contributed by atoms with Gasteiger partial charge in [-0.1, -0.05) is 42.5 Å². The van der Waals surface area contributed by atoms with E-state index in [0.29, 0.717) is 31.0 Å². The molecule has 0 saturated heterocycles. The van der Waals surface area contributed by atoms with Crippen LogP contribution in [0.25, 0.3) is 0 Å². The van der Waals surface area contributed by atoms with Gasteiger partial charge < -0.3 is 15.8 Å². The van der Waals surface area contributed by atoms with E-state index in [-0.39, 0.29) is 5.91 Å². The van der Waals surface area contributed by atoms with E-state index in [9.17, 15) is 4.79 Å². The molecule has 2 rings (SSSR count). The van der Waals surface area contributed by atoms with Crippen LogP contribution in [0.4, 0.5) is 5.69 Å². The fraction of sp³-hybridized carbons (Fsp3) is 0.188. The quantitative estimate of drug-likeness (QED) is 0.623. The van der Waals surface area contributed by atoms with Crippen LogP contribution in [0.5, 0.6) is 5.75 Å². The second kappa shape index (κ2) is 7.19. The highest BCUT2D eigenvalue weighted by molar-refractivity contribution is 5.78. The van der Waals surface area contributed by atoms with Crippen molar-refractivity contribution in [2.45, 2.75) is 6.42 Å². The Hall–Kier alpha value is -2.49. The number of carbonyl (C=O) groups is 1. The van der Waals surface area contributed by atoms with Crippen molar-refractivity contribution in [2.24, 2.45) is 0 Å². The molecule has 0 aliphatic heterocycles. The maximum atomic E-state index is 11.7. The minimum Gasteiger partial charge on any atom is -0.490 e. The molecule has 0 spiro atoms. The Labute approximate surface area is 118 Å². The number of nitrogen functional groups attached to an aromatic ring is 1. The van der Waals surface area contributed by atoms with Crippen LogP contribution in [0.3, 0.4) is 0 Å². The number of ether oxygens (including phenoxy) is 1. The van der Waals surface area contributed by atoms with E-state index in [1.807, 2.05) is 42.5 Å². The van der Waals surface area contributed by atoms with Gasteiger partial charge in [-0.15, -0.1) is 0 Å². The number of hydrogen-bond donors (Lipinski definition) is 2. The summed E-state index contributed by atoms with van der Waals surface area (Å²) in [5.41, 5.74) is 7.35. The fourth-order valence-electron chi connectivity index (χ4n) is 1.81. The van der Waals surface area contributed by atoms with Gasteiger partial charge in [-0.05, 0) is 17.7 Å². The van der Waals surface area contributed by atoms with E-state index in [1.165, 1.54) is 0 Å². The number of rotatable bonds is 6. The molecule has 104 valence electrons. The molecule has 2 aromatic rings. The summed E-state index contributed by atoms with van der Waals surface area (Å²) in [7, 11) is 0. The summed E-state index contributed by atoms with van der Waals surface area (Å²) in [6.07, 6.45) is 0.383. The van der Waals surface area contributed by atoms with E-state index in [0.717, 1.165) is 5.56 Å². The molecule has 0 aliphatic carbocycles. The maximum absolute atomic E-state index is 11.7. The first-order chi connectivity index (χ1) is 9.75. The predicted octanol–water partition coefficient (Wildman–Crippen LogP) is 2.01. The van der Waals surface area contributed by atoms with E-state index in [2.05, 4.69) is 5.32 Å². The molecule has 0 unspecified atom stereocenters. The highest BCUT2D eigenvalue weighted by Gasteiger charge is 2.03. The second-order valence-electron chi connectivity index (χ2n) is 4.40. The van der Waals surface area contributed by atoms with Crippen molar-refractivity contribution < 1.29 is 9.53 Å². The third-order valence-electron chi connectivity index (χ3n) is 2.81. The van der Waals surface area contributed by atoms with Gasteiger partial charge in [0.2, 0.25) is 5.91 Å². The molecule has 0 bridgehead atoms. The molecule has 4 heteroatoms. The largest absolute Gasteiger partial charge is 0.490 e. The molecular formula is C16H18N2O2. The van der Waals surface area contributed by atoms with Gasteiger partial charge in [-0.2, -0.15) is 0 Å². The summed E-state index contributed by atoms with van der Waals surface area (Å²) in [6.45, 7) is 0.856. The smallest absolute Gasteiger partial charge is 0.224 e. The first-order valence-electron chi connectivity index (χ1n) is 6.53. The van der Waals surface area contributed by atoms with Crippen molar-refractivity contribution in [1.82, 2.24) is 5.32 Å². The zero-order valence-corrected chi connectivity index (χ0v) is 11.2. The van der Waals surface area contributed by atoms with Crippen molar-refractivity contribution >= 4 is 11.6 Å².